The summed E-state index contributed by atoms with van der Waals surface area (Å²) in [4.78, 5) is 27.3. The summed E-state index contributed by atoms with van der Waals surface area (Å²) in [5, 5.41) is 8.13. The van der Waals surface area contributed by atoms with E-state index >= 15 is 0 Å². The van der Waals surface area contributed by atoms with Gasteiger partial charge in [0.2, 0.25) is 0 Å². The molecule has 7 heteroatoms. The van der Waals surface area contributed by atoms with E-state index in [0.717, 1.165) is 16.7 Å². The van der Waals surface area contributed by atoms with Crippen molar-refractivity contribution in [1.82, 2.24) is 19.9 Å². The summed E-state index contributed by atoms with van der Waals surface area (Å²) < 4.78 is 6.39. The van der Waals surface area contributed by atoms with E-state index in [1.807, 2.05) is 24.3 Å². The van der Waals surface area contributed by atoms with Crippen LogP contribution in [0.2, 0.25) is 0 Å². The van der Waals surface area contributed by atoms with E-state index < -0.39 is 5.54 Å². The predicted molar refractivity (Wildman–Crippen MR) is 145 cm³/mol. The van der Waals surface area contributed by atoms with E-state index in [-0.39, 0.29) is 18.2 Å². The lowest BCUT2D eigenvalue weighted by molar-refractivity contribution is -0.140. The highest BCUT2D eigenvalue weighted by molar-refractivity contribution is 6.00. The molecule has 7 nitrogen and oxygen atoms in total. The summed E-state index contributed by atoms with van der Waals surface area (Å²) in [6.45, 7) is 1.38. The van der Waals surface area contributed by atoms with Crippen molar-refractivity contribution < 1.29 is 14.3 Å². The summed E-state index contributed by atoms with van der Waals surface area (Å²) in [7, 11) is 1.36. The van der Waals surface area contributed by atoms with Gasteiger partial charge in [-0.25, -0.2) is 4.68 Å². The number of nitrogens with zero attached hydrogens (tertiary/aromatic N) is 4. The second-order valence-electron chi connectivity index (χ2n) is 9.28. The van der Waals surface area contributed by atoms with Crippen LogP contribution < -0.4 is 0 Å². The number of likely N-dealkylation sites (tertiary alicyclic amines) is 1. The molecule has 0 N–H and O–H groups in total. The van der Waals surface area contributed by atoms with Gasteiger partial charge in [-0.3, -0.25) is 14.5 Å². The summed E-state index contributed by atoms with van der Waals surface area (Å²) >= 11 is 0. The van der Waals surface area contributed by atoms with Crippen molar-refractivity contribution in [2.24, 2.45) is 0 Å². The number of piperidine rings is 1. The Kier molecular flexibility index (Phi) is 7.56. The minimum Gasteiger partial charge on any atom is -0.469 e. The van der Waals surface area contributed by atoms with Crippen molar-refractivity contribution in [3.8, 4) is 0 Å². The van der Waals surface area contributed by atoms with Crippen LogP contribution in [0.4, 0.5) is 0 Å². The monoisotopic (exact) mass is 506 g/mol. The van der Waals surface area contributed by atoms with Crippen LogP contribution in [-0.4, -0.2) is 51.8 Å². The first-order valence-electron chi connectivity index (χ1n) is 12.7. The van der Waals surface area contributed by atoms with E-state index in [0.29, 0.717) is 37.3 Å². The maximum absolute atomic E-state index is 13.2. The van der Waals surface area contributed by atoms with Crippen LogP contribution in [0.1, 0.15) is 35.2 Å². The maximum atomic E-state index is 13.2. The van der Waals surface area contributed by atoms with Gasteiger partial charge in [-0.15, -0.1) is 5.10 Å². The Hall–Kier alpha value is -4.36. The van der Waals surface area contributed by atoms with Crippen LogP contribution in [0.5, 0.6) is 0 Å². The van der Waals surface area contributed by atoms with E-state index in [1.54, 1.807) is 10.9 Å². The van der Waals surface area contributed by atoms with Gasteiger partial charge in [0.1, 0.15) is 0 Å². The molecule has 1 aliphatic rings. The Bertz CT molecular complexity index is 1320. The topological polar surface area (TPSA) is 77.3 Å². The Morgan fingerprint density at radius 1 is 0.921 bits per heavy atom. The van der Waals surface area contributed by atoms with Gasteiger partial charge in [0, 0.05) is 25.1 Å². The van der Waals surface area contributed by atoms with Gasteiger partial charge >= 0.3 is 5.97 Å². The molecule has 0 unspecified atom stereocenters. The summed E-state index contributed by atoms with van der Waals surface area (Å²) in [6.07, 6.45) is 4.05. The lowest BCUT2D eigenvalue weighted by Crippen LogP contribution is -2.52. The average molecular weight is 507 g/mol. The smallest absolute Gasteiger partial charge is 0.307 e. The van der Waals surface area contributed by atoms with E-state index in [9.17, 15) is 9.59 Å². The number of Topliss-reactive ketones (excluding diaryl/α,β-unsaturated/α-hetero) is 1. The second-order valence-corrected chi connectivity index (χ2v) is 9.28. The molecule has 1 aromatic heterocycles. The van der Waals surface area contributed by atoms with E-state index in [2.05, 4.69) is 88.0 Å². The fraction of sp³-hybridized carbons (Fsp3) is 0.226. The zero-order chi connectivity index (χ0) is 26.4. The fourth-order valence-corrected chi connectivity index (χ4v) is 5.30. The van der Waals surface area contributed by atoms with Gasteiger partial charge in [0.05, 0.1) is 37.5 Å². The number of hydrogen-bond donors (Lipinski definition) is 0. The lowest BCUT2D eigenvalue weighted by atomic mass is 9.74. The van der Waals surface area contributed by atoms with Crippen LogP contribution in [0.25, 0.3) is 6.08 Å². The van der Waals surface area contributed by atoms with Crippen LogP contribution in [0.3, 0.4) is 0 Å². The number of rotatable bonds is 8. The first-order valence-corrected chi connectivity index (χ1v) is 12.7. The zero-order valence-electron chi connectivity index (χ0n) is 21.4. The summed E-state index contributed by atoms with van der Waals surface area (Å²) in [6, 6.07) is 31.4. The highest BCUT2D eigenvalue weighted by atomic mass is 16.5. The summed E-state index contributed by atoms with van der Waals surface area (Å²) in [5.41, 5.74) is 4.17. The second kappa shape index (κ2) is 11.4. The number of carbonyl (C=O) groups is 2. The summed E-state index contributed by atoms with van der Waals surface area (Å²) in [5.74, 6) is -0.220. The molecule has 1 aliphatic heterocycles. The highest BCUT2D eigenvalue weighted by Crippen LogP contribution is 2.43. The number of ketones is 1. The van der Waals surface area contributed by atoms with Crippen LogP contribution in [0.15, 0.2) is 103 Å². The van der Waals surface area contributed by atoms with E-state index in [4.69, 9.17) is 4.74 Å². The number of methoxy groups -OCH3 is 1. The molecule has 1 fully saturated rings. The van der Waals surface area contributed by atoms with Gasteiger partial charge in [-0.05, 0) is 22.8 Å². The van der Waals surface area contributed by atoms with Gasteiger partial charge in [0.25, 0.3) is 0 Å². The fourth-order valence-electron chi connectivity index (χ4n) is 5.30. The number of benzene rings is 3. The Morgan fingerprint density at radius 3 is 2.00 bits per heavy atom. The highest BCUT2D eigenvalue weighted by Gasteiger charge is 2.44. The Morgan fingerprint density at radius 2 is 1.47 bits per heavy atom. The SMILES string of the molecule is COC(=O)CCn1nncc1/C=C1/CN(C(c2ccccc2)(c2ccccc2)c2ccccc2)CCC1=O. The Labute approximate surface area is 222 Å². The molecule has 38 heavy (non-hydrogen) atoms. The maximum Gasteiger partial charge on any atom is 0.307 e. The molecule has 3 aromatic carbocycles. The van der Waals surface area contributed by atoms with Crippen molar-refractivity contribution in [3.63, 3.8) is 0 Å². The molecule has 0 spiro atoms. The third-order valence-electron chi connectivity index (χ3n) is 7.10. The van der Waals surface area contributed by atoms with E-state index in [1.165, 1.54) is 7.11 Å². The molecule has 0 atom stereocenters. The molecular weight excluding hydrogens is 476 g/mol. The van der Waals surface area contributed by atoms with Crippen LogP contribution >= 0.6 is 0 Å². The average Bonchev–Trinajstić information content (AvgIpc) is 3.42. The number of aromatic nitrogens is 3. The number of carbonyl (C=O) groups excluding carboxylic acids is 2. The van der Waals surface area contributed by atoms with Gasteiger partial charge < -0.3 is 4.74 Å². The third-order valence-corrected chi connectivity index (χ3v) is 7.10. The molecule has 2 heterocycles. The number of aryl methyl sites for hydroxylation is 1. The van der Waals surface area contributed by atoms with Crippen molar-refractivity contribution in [2.75, 3.05) is 20.2 Å². The standard InChI is InChI=1S/C31H30N4O3/c1-38-30(37)18-20-35-28(22-32-33-35)21-24-23-34(19-17-29(24)36)31(25-11-5-2-6-12-25,26-13-7-3-8-14-26)27-15-9-4-10-16-27/h2-16,21-22H,17-20,23H2,1H3/b24-21-. The number of hydrogen-bond acceptors (Lipinski definition) is 6. The zero-order valence-corrected chi connectivity index (χ0v) is 21.4. The van der Waals surface area contributed by atoms with Gasteiger partial charge in [-0.1, -0.05) is 96.2 Å². The Balaban J connectivity index is 1.60. The van der Waals surface area contributed by atoms with Gasteiger partial charge in [-0.2, -0.15) is 0 Å². The lowest BCUT2D eigenvalue weighted by Gasteiger charge is -2.47. The molecular formula is C31H30N4O3. The molecule has 4 aromatic rings. The van der Waals surface area contributed by atoms with Crippen molar-refractivity contribution >= 4 is 17.8 Å². The molecule has 0 saturated carbocycles. The van der Waals surface area contributed by atoms with Gasteiger partial charge in [0.15, 0.2) is 5.78 Å². The molecule has 192 valence electrons. The molecule has 0 bridgehead atoms. The molecule has 0 radical (unpaired) electrons. The first-order chi connectivity index (χ1) is 18.6. The van der Waals surface area contributed by atoms with Crippen LogP contribution in [0, 0.1) is 0 Å². The van der Waals surface area contributed by atoms with Crippen molar-refractivity contribution in [3.05, 3.63) is 125 Å². The molecule has 1 saturated heterocycles. The van der Waals surface area contributed by atoms with Crippen LogP contribution in [-0.2, 0) is 26.4 Å². The minimum absolute atomic E-state index is 0.102. The molecule has 0 aliphatic carbocycles. The molecule has 0 amide bonds. The number of esters is 1. The molecule has 5 rings (SSSR count). The first kappa shape index (κ1) is 25.3. The van der Waals surface area contributed by atoms with Crippen molar-refractivity contribution in [2.45, 2.75) is 24.9 Å². The largest absolute Gasteiger partial charge is 0.469 e. The quantitative estimate of drug-likeness (QED) is 0.199. The normalized spacial score (nSPS) is 15.5. The third kappa shape index (κ3) is 4.93. The van der Waals surface area contributed by atoms with Crippen molar-refractivity contribution in [1.29, 1.82) is 0 Å². The minimum atomic E-state index is -0.604. The number of ether oxygens (including phenoxy) is 1. The predicted octanol–water partition coefficient (Wildman–Crippen LogP) is 4.49.